The molecular formula is C28H27N5O3. The molecule has 2 fully saturated rings. The van der Waals surface area contributed by atoms with Crippen LogP contribution in [0.2, 0.25) is 0 Å². The fourth-order valence-corrected chi connectivity index (χ4v) is 5.43. The molecule has 2 aromatic carbocycles. The molecule has 0 bridgehead atoms. The highest BCUT2D eigenvalue weighted by Gasteiger charge is 2.45. The van der Waals surface area contributed by atoms with Gasteiger partial charge in [-0.2, -0.15) is 0 Å². The highest BCUT2D eigenvalue weighted by atomic mass is 16.4. The number of carbonyl (C=O) groups is 2. The number of nitrogens with zero attached hydrogens (tertiary/aromatic N) is 4. The normalized spacial score (nSPS) is 17.3. The molecule has 0 aliphatic carbocycles. The van der Waals surface area contributed by atoms with Gasteiger partial charge in [0.2, 0.25) is 5.91 Å². The zero-order chi connectivity index (χ0) is 24.9. The molecule has 0 unspecified atom stereocenters. The third kappa shape index (κ3) is 3.98. The fourth-order valence-electron chi connectivity index (χ4n) is 5.43. The number of hydrogen-bond acceptors (Lipinski definition) is 5. The molecule has 6 rings (SSSR count). The van der Waals surface area contributed by atoms with Gasteiger partial charge in [-0.3, -0.25) is 4.79 Å². The highest BCUT2D eigenvalue weighted by molar-refractivity contribution is 5.97. The summed E-state index contributed by atoms with van der Waals surface area (Å²) in [6.07, 6.45) is 4.22. The summed E-state index contributed by atoms with van der Waals surface area (Å²) >= 11 is 0. The van der Waals surface area contributed by atoms with Crippen molar-refractivity contribution in [1.82, 2.24) is 15.0 Å². The number of carbonyl (C=O) groups excluding carboxylic acids is 1. The van der Waals surface area contributed by atoms with Crippen molar-refractivity contribution >= 4 is 34.4 Å². The molecule has 1 spiro atoms. The van der Waals surface area contributed by atoms with Crippen LogP contribution in [0.3, 0.4) is 0 Å². The van der Waals surface area contributed by atoms with E-state index in [9.17, 15) is 9.59 Å². The molecular weight excluding hydrogens is 454 g/mol. The Morgan fingerprint density at radius 2 is 1.83 bits per heavy atom. The van der Waals surface area contributed by atoms with Crippen LogP contribution >= 0.6 is 0 Å². The number of hydrogen-bond donors (Lipinski definition) is 2. The first kappa shape index (κ1) is 22.3. The summed E-state index contributed by atoms with van der Waals surface area (Å²) in [4.78, 5) is 40.9. The van der Waals surface area contributed by atoms with Crippen LogP contribution in [0.1, 0.15) is 35.2 Å². The lowest BCUT2D eigenvalue weighted by atomic mass is 9.77. The van der Waals surface area contributed by atoms with Crippen molar-refractivity contribution in [3.8, 4) is 11.4 Å². The van der Waals surface area contributed by atoms with E-state index in [0.717, 1.165) is 59.9 Å². The average molecular weight is 482 g/mol. The second-order valence-corrected chi connectivity index (χ2v) is 10.0. The van der Waals surface area contributed by atoms with Crippen LogP contribution < -0.4 is 9.80 Å². The van der Waals surface area contributed by atoms with Gasteiger partial charge in [0, 0.05) is 48.9 Å². The molecule has 2 aliphatic rings. The highest BCUT2D eigenvalue weighted by Crippen LogP contribution is 2.43. The number of aromatic amines is 1. The number of pyridine rings is 1. The number of anilines is 2. The number of aromatic nitrogens is 3. The molecule has 8 heteroatoms. The second-order valence-electron chi connectivity index (χ2n) is 10.0. The number of nitrogens with one attached hydrogen (secondary N) is 1. The number of carboxylic acids is 1. The number of imidazole rings is 1. The number of amides is 1. The molecule has 4 aromatic rings. The summed E-state index contributed by atoms with van der Waals surface area (Å²) in [6, 6.07) is 16.8. The first-order valence-corrected chi connectivity index (χ1v) is 12.2. The van der Waals surface area contributed by atoms with Crippen molar-refractivity contribution < 1.29 is 14.7 Å². The molecule has 36 heavy (non-hydrogen) atoms. The minimum absolute atomic E-state index is 0.0502. The minimum atomic E-state index is -0.965. The van der Waals surface area contributed by atoms with Gasteiger partial charge in [0.1, 0.15) is 11.6 Å². The molecule has 2 N–H and O–H groups in total. The quantitative estimate of drug-likeness (QED) is 0.440. The average Bonchev–Trinajstić information content (AvgIpc) is 3.45. The van der Waals surface area contributed by atoms with Crippen LogP contribution in [-0.4, -0.2) is 51.6 Å². The third-order valence-electron chi connectivity index (χ3n) is 7.55. The van der Waals surface area contributed by atoms with Crippen molar-refractivity contribution in [1.29, 1.82) is 0 Å². The summed E-state index contributed by atoms with van der Waals surface area (Å²) < 4.78 is 0. The summed E-state index contributed by atoms with van der Waals surface area (Å²) in [7, 11) is 0. The Morgan fingerprint density at radius 3 is 2.53 bits per heavy atom. The van der Waals surface area contributed by atoms with Crippen LogP contribution in [-0.2, 0) is 4.79 Å². The van der Waals surface area contributed by atoms with Crippen molar-refractivity contribution in [3.63, 3.8) is 0 Å². The molecule has 8 nitrogen and oxygen atoms in total. The molecule has 0 saturated carbocycles. The van der Waals surface area contributed by atoms with Crippen molar-refractivity contribution in [2.45, 2.75) is 26.2 Å². The fraction of sp³-hybridized carbons (Fsp3) is 0.286. The van der Waals surface area contributed by atoms with E-state index in [1.807, 2.05) is 23.2 Å². The van der Waals surface area contributed by atoms with Gasteiger partial charge in [0.15, 0.2) is 0 Å². The first-order valence-electron chi connectivity index (χ1n) is 12.2. The number of carboxylic acid groups (broad SMARTS) is 1. The molecule has 1 amide bonds. The summed E-state index contributed by atoms with van der Waals surface area (Å²) in [5, 5.41) is 9.13. The van der Waals surface area contributed by atoms with Crippen molar-refractivity contribution in [2.24, 2.45) is 5.41 Å². The molecule has 2 aromatic heterocycles. The van der Waals surface area contributed by atoms with Gasteiger partial charge in [-0.05, 0) is 73.9 Å². The van der Waals surface area contributed by atoms with Gasteiger partial charge in [0.25, 0.3) is 0 Å². The summed E-state index contributed by atoms with van der Waals surface area (Å²) in [5.41, 5.74) is 5.05. The lowest BCUT2D eigenvalue weighted by Crippen LogP contribution is -2.42. The summed E-state index contributed by atoms with van der Waals surface area (Å²) in [6.45, 7) is 4.42. The van der Waals surface area contributed by atoms with Gasteiger partial charge < -0.3 is 19.9 Å². The Kier molecular flexibility index (Phi) is 5.25. The van der Waals surface area contributed by atoms with Crippen molar-refractivity contribution in [3.05, 3.63) is 71.9 Å². The van der Waals surface area contributed by atoms with E-state index in [4.69, 9.17) is 15.1 Å². The third-order valence-corrected chi connectivity index (χ3v) is 7.55. The lowest BCUT2D eigenvalue weighted by molar-refractivity contribution is -0.117. The van der Waals surface area contributed by atoms with E-state index in [1.165, 1.54) is 5.56 Å². The van der Waals surface area contributed by atoms with E-state index in [0.29, 0.717) is 13.0 Å². The maximum Gasteiger partial charge on any atom is 0.335 e. The van der Waals surface area contributed by atoms with Gasteiger partial charge in [-0.1, -0.05) is 6.07 Å². The number of fused-ring (bicyclic) bond motifs is 1. The SMILES string of the molecule is Cc1ccc2nc(-c3ccc(N4CCC5(CC4)CC(=O)N(c4ccc(C(=O)O)cc4)C5)nc3)[nH]c2c1. The number of H-pyrrole nitrogens is 1. The molecule has 182 valence electrons. The van der Waals surface area contributed by atoms with Gasteiger partial charge in [-0.15, -0.1) is 0 Å². The van der Waals surface area contributed by atoms with Gasteiger partial charge in [0.05, 0.1) is 16.6 Å². The topological polar surface area (TPSA) is 102 Å². The predicted molar refractivity (Wildman–Crippen MR) is 138 cm³/mol. The number of aryl methyl sites for hydroxylation is 1. The zero-order valence-electron chi connectivity index (χ0n) is 20.1. The largest absolute Gasteiger partial charge is 0.478 e. The second kappa shape index (κ2) is 8.48. The molecule has 4 heterocycles. The number of benzene rings is 2. The zero-order valence-corrected chi connectivity index (χ0v) is 20.1. The Balaban J connectivity index is 1.12. The Hall–Kier alpha value is -4.20. The van der Waals surface area contributed by atoms with E-state index < -0.39 is 5.97 Å². The molecule has 0 atom stereocenters. The predicted octanol–water partition coefficient (Wildman–Crippen LogP) is 4.66. The number of rotatable bonds is 4. The Labute approximate surface area is 208 Å². The standard InChI is InChI=1S/C28H27N5O3/c1-18-2-8-22-23(14-18)31-26(30-22)20-5-9-24(29-16-20)32-12-10-28(11-13-32)15-25(34)33(17-28)21-6-3-19(4-7-21)27(35)36/h2-9,14,16H,10-13,15,17H2,1H3,(H,30,31)(H,35,36). The van der Waals surface area contributed by atoms with E-state index in [2.05, 4.69) is 35.0 Å². The summed E-state index contributed by atoms with van der Waals surface area (Å²) in [5.74, 6) is 0.890. The first-order chi connectivity index (χ1) is 17.4. The van der Waals surface area contributed by atoms with Crippen LogP contribution in [0, 0.1) is 12.3 Å². The van der Waals surface area contributed by atoms with Crippen LogP contribution in [0.4, 0.5) is 11.5 Å². The Morgan fingerprint density at radius 1 is 1.06 bits per heavy atom. The minimum Gasteiger partial charge on any atom is -0.478 e. The molecule has 2 aliphatic heterocycles. The maximum absolute atomic E-state index is 12.8. The van der Waals surface area contributed by atoms with E-state index >= 15 is 0 Å². The Bertz CT molecular complexity index is 1450. The number of aromatic carboxylic acids is 1. The lowest BCUT2D eigenvalue weighted by Gasteiger charge is -2.39. The van der Waals surface area contributed by atoms with E-state index in [-0.39, 0.29) is 16.9 Å². The van der Waals surface area contributed by atoms with Crippen LogP contribution in [0.15, 0.2) is 60.8 Å². The van der Waals surface area contributed by atoms with Gasteiger partial charge in [-0.25, -0.2) is 14.8 Å². The van der Waals surface area contributed by atoms with Gasteiger partial charge >= 0.3 is 5.97 Å². The molecule has 2 saturated heterocycles. The van der Waals surface area contributed by atoms with E-state index in [1.54, 1.807) is 24.3 Å². The molecule has 0 radical (unpaired) electrons. The van der Waals surface area contributed by atoms with Crippen LogP contribution in [0.25, 0.3) is 22.4 Å². The maximum atomic E-state index is 12.8. The smallest absolute Gasteiger partial charge is 0.335 e. The van der Waals surface area contributed by atoms with Crippen molar-refractivity contribution in [2.75, 3.05) is 29.4 Å². The number of piperidine rings is 1. The monoisotopic (exact) mass is 481 g/mol. The van der Waals surface area contributed by atoms with Crippen LogP contribution in [0.5, 0.6) is 0 Å².